The Balaban J connectivity index is 1.97. The number of hydrogen-bond donors (Lipinski definition) is 1. The van der Waals surface area contributed by atoms with Gasteiger partial charge < -0.3 is 14.7 Å². The number of aliphatic carboxylic acids is 1. The molecule has 0 spiro atoms. The van der Waals surface area contributed by atoms with E-state index in [9.17, 15) is 14.7 Å². The fourth-order valence-corrected chi connectivity index (χ4v) is 3.29. The third kappa shape index (κ3) is 2.61. The van der Waals surface area contributed by atoms with Crippen LogP contribution in [-0.2, 0) is 14.3 Å². The van der Waals surface area contributed by atoms with Crippen LogP contribution in [0.25, 0.3) is 0 Å². The second-order valence-corrected chi connectivity index (χ2v) is 5.91. The number of methoxy groups -OCH3 is 1. The molecule has 0 unspecified atom stereocenters. The highest BCUT2D eigenvalue weighted by atomic mass is 16.5. The molecule has 0 bridgehead atoms. The lowest BCUT2D eigenvalue weighted by Crippen LogP contribution is -2.65. The monoisotopic (exact) mass is 269 g/mol. The van der Waals surface area contributed by atoms with Crippen molar-refractivity contribution in [2.75, 3.05) is 14.2 Å². The zero-order valence-electron chi connectivity index (χ0n) is 11.7. The van der Waals surface area contributed by atoms with Crippen LogP contribution in [0.3, 0.4) is 0 Å². The summed E-state index contributed by atoms with van der Waals surface area (Å²) in [7, 11) is 3.20. The predicted molar refractivity (Wildman–Crippen MR) is 69.7 cm³/mol. The molecule has 19 heavy (non-hydrogen) atoms. The smallest absolute Gasteiger partial charge is 0.329 e. The summed E-state index contributed by atoms with van der Waals surface area (Å²) in [5.41, 5.74) is -1.05. The Bertz CT molecular complexity index is 356. The molecule has 0 aromatic heterocycles. The molecule has 0 aromatic rings. The molecule has 2 saturated carbocycles. The summed E-state index contributed by atoms with van der Waals surface area (Å²) in [5, 5.41) is 9.43. The van der Waals surface area contributed by atoms with E-state index in [-0.39, 0.29) is 12.0 Å². The van der Waals surface area contributed by atoms with Gasteiger partial charge in [0, 0.05) is 33.4 Å². The first-order chi connectivity index (χ1) is 8.99. The zero-order chi connectivity index (χ0) is 14.0. The van der Waals surface area contributed by atoms with E-state index in [0.717, 1.165) is 12.8 Å². The number of carboxylic acid groups (broad SMARTS) is 1. The van der Waals surface area contributed by atoms with Crippen molar-refractivity contribution in [2.45, 2.75) is 56.6 Å². The Morgan fingerprint density at radius 2 is 1.89 bits per heavy atom. The molecular weight excluding hydrogens is 246 g/mol. The molecule has 108 valence electrons. The maximum absolute atomic E-state index is 12.3. The summed E-state index contributed by atoms with van der Waals surface area (Å²) in [6.45, 7) is 0. The minimum absolute atomic E-state index is 0.0381. The van der Waals surface area contributed by atoms with Crippen LogP contribution in [0.1, 0.15) is 44.9 Å². The maximum Gasteiger partial charge on any atom is 0.329 e. The molecular formula is C14H23NO4. The molecule has 2 aliphatic carbocycles. The molecule has 2 aliphatic rings. The quantitative estimate of drug-likeness (QED) is 0.824. The largest absolute Gasteiger partial charge is 0.479 e. The number of likely N-dealkylation sites (N-methyl/N-ethyl adjacent to an activating group) is 1. The summed E-state index contributed by atoms with van der Waals surface area (Å²) in [4.78, 5) is 25.2. The van der Waals surface area contributed by atoms with E-state index in [2.05, 4.69) is 0 Å². The van der Waals surface area contributed by atoms with Crippen molar-refractivity contribution in [1.29, 1.82) is 0 Å². The van der Waals surface area contributed by atoms with Crippen LogP contribution in [0, 0.1) is 5.92 Å². The van der Waals surface area contributed by atoms with E-state index in [1.54, 1.807) is 14.2 Å². The van der Waals surface area contributed by atoms with Gasteiger partial charge in [0.1, 0.15) is 5.54 Å². The SMILES string of the molecule is COC1CC(C(=O)O)(N(C)C(=O)CC2CCCC2)C1. The van der Waals surface area contributed by atoms with Gasteiger partial charge in [0.15, 0.2) is 0 Å². The molecule has 0 radical (unpaired) electrons. The van der Waals surface area contributed by atoms with Gasteiger partial charge in [-0.3, -0.25) is 4.79 Å². The lowest BCUT2D eigenvalue weighted by Gasteiger charge is -2.49. The van der Waals surface area contributed by atoms with Crippen LogP contribution >= 0.6 is 0 Å². The van der Waals surface area contributed by atoms with Crippen molar-refractivity contribution >= 4 is 11.9 Å². The number of amides is 1. The van der Waals surface area contributed by atoms with Crippen molar-refractivity contribution in [1.82, 2.24) is 4.90 Å². The summed E-state index contributed by atoms with van der Waals surface area (Å²) >= 11 is 0. The Kier molecular flexibility index (Phi) is 4.13. The van der Waals surface area contributed by atoms with Crippen LogP contribution in [0.4, 0.5) is 0 Å². The van der Waals surface area contributed by atoms with E-state index < -0.39 is 11.5 Å². The average molecular weight is 269 g/mol. The molecule has 2 rings (SSSR count). The standard InChI is InChI=1S/C14H23NO4/c1-15(12(16)7-10-5-3-4-6-10)14(13(17)18)8-11(9-14)19-2/h10-11H,3-9H2,1-2H3,(H,17,18). The third-order valence-electron chi connectivity index (χ3n) is 4.82. The molecule has 1 N–H and O–H groups in total. The number of carbonyl (C=O) groups is 2. The lowest BCUT2D eigenvalue weighted by atomic mass is 9.72. The number of ether oxygens (including phenoxy) is 1. The molecule has 0 heterocycles. The fraction of sp³-hybridized carbons (Fsp3) is 0.857. The zero-order valence-corrected chi connectivity index (χ0v) is 11.7. The summed E-state index contributed by atoms with van der Waals surface area (Å²) in [6.07, 6.45) is 5.81. The number of hydrogen-bond acceptors (Lipinski definition) is 3. The first-order valence-corrected chi connectivity index (χ1v) is 7.02. The van der Waals surface area contributed by atoms with E-state index in [0.29, 0.717) is 25.2 Å². The minimum atomic E-state index is -1.05. The summed E-state index contributed by atoms with van der Waals surface area (Å²) in [6, 6.07) is 0. The second-order valence-electron chi connectivity index (χ2n) is 5.91. The molecule has 1 amide bonds. The Labute approximate surface area is 113 Å². The van der Waals surface area contributed by atoms with Crippen LogP contribution in [-0.4, -0.2) is 47.7 Å². The first-order valence-electron chi connectivity index (χ1n) is 7.02. The van der Waals surface area contributed by atoms with Crippen LogP contribution in [0.15, 0.2) is 0 Å². The molecule has 0 saturated heterocycles. The van der Waals surface area contributed by atoms with Crippen molar-refractivity contribution in [2.24, 2.45) is 5.92 Å². The highest BCUT2D eigenvalue weighted by molar-refractivity contribution is 5.88. The Morgan fingerprint density at radius 3 is 2.37 bits per heavy atom. The van der Waals surface area contributed by atoms with Gasteiger partial charge >= 0.3 is 5.97 Å². The van der Waals surface area contributed by atoms with E-state index in [1.165, 1.54) is 17.7 Å². The molecule has 5 heteroatoms. The van der Waals surface area contributed by atoms with Crippen molar-refractivity contribution in [3.8, 4) is 0 Å². The first kappa shape index (κ1) is 14.3. The van der Waals surface area contributed by atoms with Gasteiger partial charge in [0.05, 0.1) is 6.10 Å². The molecule has 0 aromatic carbocycles. The lowest BCUT2D eigenvalue weighted by molar-refractivity contribution is -0.175. The third-order valence-corrected chi connectivity index (χ3v) is 4.82. The second kappa shape index (κ2) is 5.49. The van der Waals surface area contributed by atoms with Gasteiger partial charge in [0.25, 0.3) is 0 Å². The fourth-order valence-electron chi connectivity index (χ4n) is 3.29. The van der Waals surface area contributed by atoms with Crippen molar-refractivity contribution < 1.29 is 19.4 Å². The highest BCUT2D eigenvalue weighted by Crippen LogP contribution is 2.40. The van der Waals surface area contributed by atoms with Crippen LogP contribution in [0.5, 0.6) is 0 Å². The highest BCUT2D eigenvalue weighted by Gasteiger charge is 2.55. The van der Waals surface area contributed by atoms with Gasteiger partial charge in [-0.05, 0) is 18.8 Å². The molecule has 0 atom stereocenters. The van der Waals surface area contributed by atoms with Crippen molar-refractivity contribution in [3.63, 3.8) is 0 Å². The van der Waals surface area contributed by atoms with Gasteiger partial charge in [0.2, 0.25) is 5.91 Å². The Hall–Kier alpha value is -1.10. The van der Waals surface area contributed by atoms with E-state index >= 15 is 0 Å². The normalized spacial score (nSPS) is 30.9. The van der Waals surface area contributed by atoms with Gasteiger partial charge in [-0.15, -0.1) is 0 Å². The predicted octanol–water partition coefficient (Wildman–Crippen LogP) is 1.66. The van der Waals surface area contributed by atoms with E-state index in [4.69, 9.17) is 4.74 Å². The summed E-state index contributed by atoms with van der Waals surface area (Å²) in [5.74, 6) is -0.508. The van der Waals surface area contributed by atoms with Gasteiger partial charge in [-0.2, -0.15) is 0 Å². The Morgan fingerprint density at radius 1 is 1.32 bits per heavy atom. The minimum Gasteiger partial charge on any atom is -0.479 e. The summed E-state index contributed by atoms with van der Waals surface area (Å²) < 4.78 is 5.15. The average Bonchev–Trinajstić information content (AvgIpc) is 2.80. The number of nitrogens with zero attached hydrogens (tertiary/aromatic N) is 1. The number of carboxylic acids is 1. The number of carbonyl (C=O) groups excluding carboxylic acids is 1. The molecule has 5 nitrogen and oxygen atoms in total. The topological polar surface area (TPSA) is 66.8 Å². The van der Waals surface area contributed by atoms with E-state index in [1.807, 2.05) is 0 Å². The van der Waals surface area contributed by atoms with Crippen molar-refractivity contribution in [3.05, 3.63) is 0 Å². The molecule has 0 aliphatic heterocycles. The maximum atomic E-state index is 12.3. The van der Waals surface area contributed by atoms with Gasteiger partial charge in [-0.25, -0.2) is 4.79 Å². The molecule has 2 fully saturated rings. The number of rotatable bonds is 5. The van der Waals surface area contributed by atoms with Crippen LogP contribution < -0.4 is 0 Å². The van der Waals surface area contributed by atoms with Gasteiger partial charge in [-0.1, -0.05) is 12.8 Å². The van der Waals surface area contributed by atoms with Crippen LogP contribution in [0.2, 0.25) is 0 Å².